The van der Waals surface area contributed by atoms with Gasteiger partial charge >= 0.3 is 0 Å². The summed E-state index contributed by atoms with van der Waals surface area (Å²) in [4.78, 5) is 0. The fourth-order valence-corrected chi connectivity index (χ4v) is 3.34. The number of nitrogens with one attached hydrogen (secondary N) is 2. The van der Waals surface area contributed by atoms with Crippen molar-refractivity contribution in [1.82, 2.24) is 15.5 Å². The van der Waals surface area contributed by atoms with E-state index in [9.17, 15) is 0 Å². The molecule has 2 N–H and O–H groups in total. The number of H-pyrrole nitrogens is 1. The largest absolute Gasteiger partial charge is 0.308 e. The maximum absolute atomic E-state index is 3.94. The summed E-state index contributed by atoms with van der Waals surface area (Å²) in [6, 6.07) is 2.66. The van der Waals surface area contributed by atoms with Crippen molar-refractivity contribution in [1.29, 1.82) is 0 Å². The number of rotatable bonds is 3. The molecule has 1 fully saturated rings. The van der Waals surface area contributed by atoms with E-state index < -0.39 is 0 Å². The standard InChI is InChI=1S/C11H19N3S/c1-11(2)5-10(7-15-8-11)12-6-9-3-4-13-14-9/h3-4,10,12H,5-8H2,1-2H3,(H,13,14). The van der Waals surface area contributed by atoms with Crippen LogP contribution in [0.15, 0.2) is 12.3 Å². The number of aromatic amines is 1. The van der Waals surface area contributed by atoms with Crippen molar-refractivity contribution >= 4 is 11.8 Å². The predicted octanol–water partition coefficient (Wildman–Crippen LogP) is 2.03. The van der Waals surface area contributed by atoms with Crippen LogP contribution in [0.25, 0.3) is 0 Å². The average Bonchev–Trinajstić information content (AvgIpc) is 2.65. The van der Waals surface area contributed by atoms with Gasteiger partial charge in [0.1, 0.15) is 0 Å². The van der Waals surface area contributed by atoms with Crippen LogP contribution in [-0.4, -0.2) is 27.7 Å². The SMILES string of the molecule is CC1(C)CSCC(NCc2ccn[nH]2)C1. The molecule has 2 rings (SSSR count). The lowest BCUT2D eigenvalue weighted by Crippen LogP contribution is -2.40. The fourth-order valence-electron chi connectivity index (χ4n) is 2.03. The molecule has 0 saturated carbocycles. The topological polar surface area (TPSA) is 40.7 Å². The van der Waals surface area contributed by atoms with Gasteiger partial charge in [0, 0.05) is 30.2 Å². The molecule has 84 valence electrons. The smallest absolute Gasteiger partial charge is 0.0490 e. The van der Waals surface area contributed by atoms with E-state index in [0.29, 0.717) is 11.5 Å². The number of nitrogens with zero attached hydrogens (tertiary/aromatic N) is 1. The van der Waals surface area contributed by atoms with Crippen LogP contribution in [-0.2, 0) is 6.54 Å². The van der Waals surface area contributed by atoms with Crippen molar-refractivity contribution in [3.63, 3.8) is 0 Å². The second-order valence-corrected chi connectivity index (χ2v) is 6.07. The minimum absolute atomic E-state index is 0.481. The maximum atomic E-state index is 3.94. The van der Waals surface area contributed by atoms with Crippen LogP contribution >= 0.6 is 11.8 Å². The van der Waals surface area contributed by atoms with Crippen molar-refractivity contribution < 1.29 is 0 Å². The molecular formula is C11H19N3S. The lowest BCUT2D eigenvalue weighted by molar-refractivity contribution is 0.316. The summed E-state index contributed by atoms with van der Waals surface area (Å²) in [6.45, 7) is 5.61. The minimum atomic E-state index is 0.481. The predicted molar refractivity (Wildman–Crippen MR) is 64.9 cm³/mol. The average molecular weight is 225 g/mol. The highest BCUT2D eigenvalue weighted by Gasteiger charge is 2.27. The first-order valence-corrected chi connectivity index (χ1v) is 6.61. The molecule has 1 aromatic rings. The van der Waals surface area contributed by atoms with Gasteiger partial charge in [0.15, 0.2) is 0 Å². The molecule has 2 heterocycles. The number of hydrogen-bond donors (Lipinski definition) is 2. The first-order chi connectivity index (χ1) is 7.16. The minimum Gasteiger partial charge on any atom is -0.308 e. The quantitative estimate of drug-likeness (QED) is 0.827. The first-order valence-electron chi connectivity index (χ1n) is 5.45. The van der Waals surface area contributed by atoms with Crippen molar-refractivity contribution in [3.05, 3.63) is 18.0 Å². The van der Waals surface area contributed by atoms with Crippen LogP contribution in [0.1, 0.15) is 26.0 Å². The Kier molecular flexibility index (Phi) is 3.36. The van der Waals surface area contributed by atoms with Crippen LogP contribution in [0.4, 0.5) is 0 Å². The molecule has 15 heavy (non-hydrogen) atoms. The van der Waals surface area contributed by atoms with Gasteiger partial charge in [-0.05, 0) is 23.7 Å². The third-order valence-corrected chi connectivity index (χ3v) is 4.37. The molecular weight excluding hydrogens is 206 g/mol. The van der Waals surface area contributed by atoms with Gasteiger partial charge in [0.2, 0.25) is 0 Å². The van der Waals surface area contributed by atoms with Crippen molar-refractivity contribution in [2.75, 3.05) is 11.5 Å². The molecule has 1 atom stereocenters. The summed E-state index contributed by atoms with van der Waals surface area (Å²) in [5.74, 6) is 2.52. The van der Waals surface area contributed by atoms with Gasteiger partial charge < -0.3 is 5.32 Å². The van der Waals surface area contributed by atoms with Gasteiger partial charge in [-0.3, -0.25) is 5.10 Å². The van der Waals surface area contributed by atoms with Gasteiger partial charge in [-0.25, -0.2) is 0 Å². The molecule has 1 unspecified atom stereocenters. The van der Waals surface area contributed by atoms with Crippen LogP contribution in [0.5, 0.6) is 0 Å². The van der Waals surface area contributed by atoms with Crippen LogP contribution in [0.3, 0.4) is 0 Å². The maximum Gasteiger partial charge on any atom is 0.0490 e. The zero-order chi connectivity index (χ0) is 10.7. The zero-order valence-electron chi connectivity index (χ0n) is 9.42. The number of thioether (sulfide) groups is 1. The Bertz CT molecular complexity index is 295. The lowest BCUT2D eigenvalue weighted by Gasteiger charge is -2.35. The Labute approximate surface area is 95.4 Å². The van der Waals surface area contributed by atoms with Gasteiger partial charge in [-0.1, -0.05) is 13.8 Å². The van der Waals surface area contributed by atoms with Crippen LogP contribution < -0.4 is 5.32 Å². The summed E-state index contributed by atoms with van der Waals surface area (Å²) in [7, 11) is 0. The second kappa shape index (κ2) is 4.58. The van der Waals surface area contributed by atoms with Crippen LogP contribution in [0, 0.1) is 5.41 Å². The lowest BCUT2D eigenvalue weighted by atomic mass is 9.88. The molecule has 0 spiro atoms. The van der Waals surface area contributed by atoms with E-state index in [2.05, 4.69) is 41.1 Å². The normalized spacial score (nSPS) is 25.3. The van der Waals surface area contributed by atoms with E-state index in [1.165, 1.54) is 23.6 Å². The summed E-state index contributed by atoms with van der Waals surface area (Å²) < 4.78 is 0. The molecule has 0 bridgehead atoms. The van der Waals surface area contributed by atoms with Crippen molar-refractivity contribution in [2.45, 2.75) is 32.9 Å². The third kappa shape index (κ3) is 3.24. The second-order valence-electron chi connectivity index (χ2n) is 5.04. The zero-order valence-corrected chi connectivity index (χ0v) is 10.2. The molecule has 1 aromatic heterocycles. The number of aromatic nitrogens is 2. The highest BCUT2D eigenvalue weighted by Crippen LogP contribution is 2.33. The van der Waals surface area contributed by atoms with E-state index >= 15 is 0 Å². The molecule has 3 nitrogen and oxygen atoms in total. The van der Waals surface area contributed by atoms with Gasteiger partial charge in [-0.15, -0.1) is 0 Å². The summed E-state index contributed by atoms with van der Waals surface area (Å²) >= 11 is 2.06. The Balaban J connectivity index is 1.80. The highest BCUT2D eigenvalue weighted by molar-refractivity contribution is 7.99. The Morgan fingerprint density at radius 1 is 1.67 bits per heavy atom. The molecule has 1 saturated heterocycles. The molecule has 0 aliphatic carbocycles. The summed E-state index contributed by atoms with van der Waals surface area (Å²) in [6.07, 6.45) is 3.07. The van der Waals surface area contributed by atoms with Crippen molar-refractivity contribution in [3.8, 4) is 0 Å². The van der Waals surface area contributed by atoms with E-state index in [1.807, 2.05) is 6.07 Å². The highest BCUT2D eigenvalue weighted by atomic mass is 32.2. The molecule has 0 radical (unpaired) electrons. The summed E-state index contributed by atoms with van der Waals surface area (Å²) in [5, 5.41) is 10.5. The van der Waals surface area contributed by atoms with E-state index in [4.69, 9.17) is 0 Å². The Morgan fingerprint density at radius 2 is 2.53 bits per heavy atom. The monoisotopic (exact) mass is 225 g/mol. The van der Waals surface area contributed by atoms with Crippen LogP contribution in [0.2, 0.25) is 0 Å². The summed E-state index contributed by atoms with van der Waals surface area (Å²) in [5.41, 5.74) is 1.65. The van der Waals surface area contributed by atoms with Gasteiger partial charge in [-0.2, -0.15) is 16.9 Å². The van der Waals surface area contributed by atoms with Crippen molar-refractivity contribution in [2.24, 2.45) is 5.41 Å². The third-order valence-electron chi connectivity index (χ3n) is 2.75. The van der Waals surface area contributed by atoms with E-state index in [0.717, 1.165) is 6.54 Å². The Morgan fingerprint density at radius 3 is 3.20 bits per heavy atom. The van der Waals surface area contributed by atoms with E-state index in [1.54, 1.807) is 6.20 Å². The number of hydrogen-bond acceptors (Lipinski definition) is 3. The van der Waals surface area contributed by atoms with Gasteiger partial charge in [0.05, 0.1) is 0 Å². The van der Waals surface area contributed by atoms with Gasteiger partial charge in [0.25, 0.3) is 0 Å². The molecule has 0 aromatic carbocycles. The first kappa shape index (κ1) is 11.0. The van der Waals surface area contributed by atoms with E-state index in [-0.39, 0.29) is 0 Å². The molecule has 4 heteroatoms. The molecule has 1 aliphatic rings. The Hall–Kier alpha value is -0.480. The molecule has 1 aliphatic heterocycles. The molecule has 0 amide bonds. The fraction of sp³-hybridized carbons (Fsp3) is 0.727.